The van der Waals surface area contributed by atoms with Crippen molar-refractivity contribution in [1.82, 2.24) is 5.32 Å². The molecule has 1 aliphatic heterocycles. The molecule has 0 spiro atoms. The van der Waals surface area contributed by atoms with Gasteiger partial charge in [-0.05, 0) is 30.7 Å². The number of rotatable bonds is 1. The Balaban J connectivity index is 2.41. The molecule has 3 heteroatoms. The van der Waals surface area contributed by atoms with E-state index in [1.54, 1.807) is 23.9 Å². The fourth-order valence-electron chi connectivity index (χ4n) is 1.95. The lowest BCUT2D eigenvalue weighted by atomic mass is 9.95. The van der Waals surface area contributed by atoms with Crippen molar-refractivity contribution in [2.75, 3.05) is 12.8 Å². The first-order chi connectivity index (χ1) is 6.72. The van der Waals surface area contributed by atoms with Crippen LogP contribution in [0.2, 0.25) is 0 Å². The summed E-state index contributed by atoms with van der Waals surface area (Å²) in [5.41, 5.74) is 1.23. The van der Waals surface area contributed by atoms with Crippen LogP contribution in [0.3, 0.4) is 0 Å². The number of thioether (sulfide) groups is 1. The van der Waals surface area contributed by atoms with Crippen LogP contribution in [-0.4, -0.2) is 12.8 Å². The highest BCUT2D eigenvalue weighted by Crippen LogP contribution is 2.39. The van der Waals surface area contributed by atoms with Gasteiger partial charge in [-0.2, -0.15) is 0 Å². The summed E-state index contributed by atoms with van der Waals surface area (Å²) in [5, 5.41) is 3.29. The normalized spacial score (nSPS) is 25.9. The third kappa shape index (κ3) is 1.66. The highest BCUT2D eigenvalue weighted by atomic mass is 32.2. The Morgan fingerprint density at radius 3 is 3.00 bits per heavy atom. The van der Waals surface area contributed by atoms with Crippen LogP contribution in [-0.2, 0) is 0 Å². The van der Waals surface area contributed by atoms with E-state index in [9.17, 15) is 4.39 Å². The van der Waals surface area contributed by atoms with Gasteiger partial charge in [0.2, 0.25) is 0 Å². The molecule has 0 saturated heterocycles. The minimum Gasteiger partial charge on any atom is -0.313 e. The predicted molar refractivity (Wildman–Crippen MR) is 58.1 cm³/mol. The van der Waals surface area contributed by atoms with Gasteiger partial charge in [0.15, 0.2) is 0 Å². The van der Waals surface area contributed by atoms with Crippen LogP contribution < -0.4 is 5.32 Å². The van der Waals surface area contributed by atoms with E-state index < -0.39 is 0 Å². The molecule has 76 valence electrons. The Hall–Kier alpha value is -0.540. The second-order valence-corrected chi connectivity index (χ2v) is 4.80. The molecule has 2 unspecified atom stereocenters. The van der Waals surface area contributed by atoms with Crippen LogP contribution in [0.4, 0.5) is 4.39 Å². The molecule has 1 heterocycles. The maximum absolute atomic E-state index is 13.0. The molecule has 0 amide bonds. The molecule has 1 nitrogen and oxygen atoms in total. The standard InChI is InChI=1S/C11H14FNS/c1-7-6-14-10-5-8(12)3-4-9(10)11(7)13-2/h3-5,7,11,13H,6H2,1-2H3. The summed E-state index contributed by atoms with van der Waals surface area (Å²) in [7, 11) is 1.96. The number of benzene rings is 1. The second-order valence-electron chi connectivity index (χ2n) is 3.74. The molecule has 0 saturated carbocycles. The average molecular weight is 211 g/mol. The Kier molecular flexibility index (Phi) is 2.79. The van der Waals surface area contributed by atoms with E-state index in [1.165, 1.54) is 5.56 Å². The number of hydrogen-bond acceptors (Lipinski definition) is 2. The maximum Gasteiger partial charge on any atom is 0.124 e. The molecular weight excluding hydrogens is 197 g/mol. The van der Waals surface area contributed by atoms with Gasteiger partial charge < -0.3 is 5.32 Å². The molecule has 0 aliphatic carbocycles. The van der Waals surface area contributed by atoms with Gasteiger partial charge in [0.1, 0.15) is 5.82 Å². The molecular formula is C11H14FNS. The van der Waals surface area contributed by atoms with Crippen LogP contribution in [0.15, 0.2) is 23.1 Å². The Bertz CT molecular complexity index is 340. The fraction of sp³-hybridized carbons (Fsp3) is 0.455. The van der Waals surface area contributed by atoms with Gasteiger partial charge in [0.05, 0.1) is 0 Å². The van der Waals surface area contributed by atoms with Crippen LogP contribution in [0.5, 0.6) is 0 Å². The fourth-order valence-corrected chi connectivity index (χ4v) is 3.15. The summed E-state index contributed by atoms with van der Waals surface area (Å²) in [5.74, 6) is 1.52. The third-order valence-corrected chi connectivity index (χ3v) is 4.05. The van der Waals surface area contributed by atoms with Crippen LogP contribution in [0.25, 0.3) is 0 Å². The van der Waals surface area contributed by atoms with Crippen LogP contribution >= 0.6 is 11.8 Å². The first-order valence-corrected chi connectivity index (χ1v) is 5.80. The molecule has 0 radical (unpaired) electrons. The van der Waals surface area contributed by atoms with Crippen molar-refractivity contribution < 1.29 is 4.39 Å². The topological polar surface area (TPSA) is 12.0 Å². The van der Waals surface area contributed by atoms with E-state index in [0.717, 1.165) is 10.6 Å². The minimum atomic E-state index is -0.138. The summed E-state index contributed by atoms with van der Waals surface area (Å²) >= 11 is 1.75. The second kappa shape index (κ2) is 3.91. The van der Waals surface area contributed by atoms with Gasteiger partial charge in [0, 0.05) is 16.7 Å². The monoisotopic (exact) mass is 211 g/mol. The van der Waals surface area contributed by atoms with Crippen molar-refractivity contribution in [3.8, 4) is 0 Å². The minimum absolute atomic E-state index is 0.138. The quantitative estimate of drug-likeness (QED) is 0.766. The molecule has 0 bridgehead atoms. The van der Waals surface area contributed by atoms with E-state index >= 15 is 0 Å². The number of hydrogen-bond donors (Lipinski definition) is 1. The number of halogens is 1. The predicted octanol–water partition coefficient (Wildman–Crippen LogP) is 2.83. The summed E-state index contributed by atoms with van der Waals surface area (Å²) < 4.78 is 13.0. The number of nitrogens with one attached hydrogen (secondary N) is 1. The molecule has 2 rings (SSSR count). The lowest BCUT2D eigenvalue weighted by Crippen LogP contribution is -2.28. The third-order valence-electron chi connectivity index (χ3n) is 2.69. The smallest absolute Gasteiger partial charge is 0.124 e. The van der Waals surface area contributed by atoms with Gasteiger partial charge in [-0.3, -0.25) is 0 Å². The molecule has 0 fully saturated rings. The molecule has 0 aromatic heterocycles. The van der Waals surface area contributed by atoms with Crippen molar-refractivity contribution in [3.05, 3.63) is 29.6 Å². The average Bonchev–Trinajstić information content (AvgIpc) is 2.18. The van der Waals surface area contributed by atoms with Gasteiger partial charge in [-0.25, -0.2) is 4.39 Å². The zero-order valence-electron chi connectivity index (χ0n) is 8.38. The zero-order chi connectivity index (χ0) is 10.1. The molecule has 1 aromatic rings. The molecule has 14 heavy (non-hydrogen) atoms. The van der Waals surface area contributed by atoms with Crippen LogP contribution in [0, 0.1) is 11.7 Å². The Morgan fingerprint density at radius 1 is 1.50 bits per heavy atom. The summed E-state index contributed by atoms with van der Waals surface area (Å²) in [6.07, 6.45) is 0. The Labute approximate surface area is 88.1 Å². The molecule has 2 atom stereocenters. The lowest BCUT2D eigenvalue weighted by molar-refractivity contribution is 0.435. The van der Waals surface area contributed by atoms with Crippen molar-refractivity contribution in [1.29, 1.82) is 0 Å². The highest BCUT2D eigenvalue weighted by Gasteiger charge is 2.25. The van der Waals surface area contributed by atoms with E-state index in [0.29, 0.717) is 12.0 Å². The van der Waals surface area contributed by atoms with E-state index in [4.69, 9.17) is 0 Å². The van der Waals surface area contributed by atoms with E-state index in [2.05, 4.69) is 12.2 Å². The van der Waals surface area contributed by atoms with Crippen molar-refractivity contribution in [3.63, 3.8) is 0 Å². The largest absolute Gasteiger partial charge is 0.313 e. The van der Waals surface area contributed by atoms with Crippen LogP contribution in [0.1, 0.15) is 18.5 Å². The molecule has 1 N–H and O–H groups in total. The lowest BCUT2D eigenvalue weighted by Gasteiger charge is -2.30. The SMILES string of the molecule is CNC1c2ccc(F)cc2SCC1C. The van der Waals surface area contributed by atoms with Gasteiger partial charge in [-0.15, -0.1) is 11.8 Å². The van der Waals surface area contributed by atoms with Gasteiger partial charge in [-0.1, -0.05) is 13.0 Å². The first kappa shape index (κ1) is 9.99. The van der Waals surface area contributed by atoms with E-state index in [1.807, 2.05) is 13.1 Å². The van der Waals surface area contributed by atoms with Gasteiger partial charge >= 0.3 is 0 Å². The zero-order valence-corrected chi connectivity index (χ0v) is 9.20. The van der Waals surface area contributed by atoms with Gasteiger partial charge in [0.25, 0.3) is 0 Å². The van der Waals surface area contributed by atoms with Crippen molar-refractivity contribution in [2.45, 2.75) is 17.9 Å². The van der Waals surface area contributed by atoms with Crippen molar-refractivity contribution in [2.24, 2.45) is 5.92 Å². The first-order valence-electron chi connectivity index (χ1n) is 4.82. The summed E-state index contributed by atoms with van der Waals surface area (Å²) in [6, 6.07) is 5.44. The molecule has 1 aromatic carbocycles. The summed E-state index contributed by atoms with van der Waals surface area (Å²) in [4.78, 5) is 1.09. The molecule has 1 aliphatic rings. The maximum atomic E-state index is 13.0. The Morgan fingerprint density at radius 2 is 2.29 bits per heavy atom. The summed E-state index contributed by atoms with van der Waals surface area (Å²) in [6.45, 7) is 2.22. The number of fused-ring (bicyclic) bond motifs is 1. The van der Waals surface area contributed by atoms with E-state index in [-0.39, 0.29) is 5.82 Å². The highest BCUT2D eigenvalue weighted by molar-refractivity contribution is 7.99. The van der Waals surface area contributed by atoms with Crippen molar-refractivity contribution >= 4 is 11.8 Å².